The number of nitrogens with two attached hydrogens (primary N) is 1. The molecule has 0 aliphatic heterocycles. The van der Waals surface area contributed by atoms with E-state index in [1.807, 2.05) is 0 Å². The zero-order chi connectivity index (χ0) is 12.8. The fourth-order valence-electron chi connectivity index (χ4n) is 1.69. The number of carbonyl (C=O) groups excluding carboxylic acids is 1. The summed E-state index contributed by atoms with van der Waals surface area (Å²) in [6, 6.07) is 0.360. The lowest BCUT2D eigenvalue weighted by Crippen LogP contribution is -2.38. The summed E-state index contributed by atoms with van der Waals surface area (Å²) < 4.78 is 0. The van der Waals surface area contributed by atoms with Crippen LogP contribution >= 0.6 is 11.8 Å². The summed E-state index contributed by atoms with van der Waals surface area (Å²) in [6.07, 6.45) is 3.09. The van der Waals surface area contributed by atoms with Crippen molar-refractivity contribution in [1.29, 1.82) is 0 Å². The molecule has 5 heteroatoms. The van der Waals surface area contributed by atoms with Crippen molar-refractivity contribution in [3.8, 4) is 0 Å². The van der Waals surface area contributed by atoms with Gasteiger partial charge < -0.3 is 16.2 Å². The molecular formula is C12H24N2O2S. The van der Waals surface area contributed by atoms with Crippen molar-refractivity contribution < 1.29 is 9.90 Å². The lowest BCUT2D eigenvalue weighted by molar-refractivity contribution is -0.118. The summed E-state index contributed by atoms with van der Waals surface area (Å²) >= 11 is 1.46. The first kappa shape index (κ1) is 14.8. The Morgan fingerprint density at radius 1 is 1.53 bits per heavy atom. The molecule has 2 unspecified atom stereocenters. The predicted molar refractivity (Wildman–Crippen MR) is 71.9 cm³/mol. The molecule has 17 heavy (non-hydrogen) atoms. The van der Waals surface area contributed by atoms with Gasteiger partial charge in [-0.1, -0.05) is 13.8 Å². The van der Waals surface area contributed by atoms with Gasteiger partial charge in [-0.3, -0.25) is 4.79 Å². The van der Waals surface area contributed by atoms with E-state index in [1.165, 1.54) is 11.8 Å². The molecule has 100 valence electrons. The molecule has 1 rings (SSSR count). The van der Waals surface area contributed by atoms with Crippen LogP contribution in [0, 0.1) is 5.92 Å². The Balaban J connectivity index is 2.22. The van der Waals surface area contributed by atoms with Gasteiger partial charge in [0, 0.05) is 17.3 Å². The minimum atomic E-state index is -0.0428. The Morgan fingerprint density at radius 2 is 2.18 bits per heavy atom. The number of rotatable bonds is 8. The smallest absolute Gasteiger partial charge is 0.230 e. The first-order valence-electron chi connectivity index (χ1n) is 6.30. The second kappa shape index (κ2) is 7.24. The normalized spacial score (nSPS) is 19.1. The van der Waals surface area contributed by atoms with E-state index in [0.717, 1.165) is 19.3 Å². The third kappa shape index (κ3) is 6.29. The summed E-state index contributed by atoms with van der Waals surface area (Å²) in [5.41, 5.74) is 6.02. The third-order valence-electron chi connectivity index (χ3n) is 2.77. The van der Waals surface area contributed by atoms with Crippen LogP contribution in [-0.4, -0.2) is 40.7 Å². The van der Waals surface area contributed by atoms with E-state index < -0.39 is 0 Å². The Bertz CT molecular complexity index is 245. The van der Waals surface area contributed by atoms with Crippen molar-refractivity contribution >= 4 is 17.7 Å². The molecule has 0 heterocycles. The number of hydrogen-bond donors (Lipinski definition) is 3. The van der Waals surface area contributed by atoms with E-state index in [2.05, 4.69) is 19.2 Å². The highest BCUT2D eigenvalue weighted by Gasteiger charge is 2.24. The number of amides is 1. The summed E-state index contributed by atoms with van der Waals surface area (Å²) in [5.74, 6) is 0.973. The van der Waals surface area contributed by atoms with Crippen LogP contribution in [0.15, 0.2) is 0 Å². The second-order valence-electron chi connectivity index (χ2n) is 5.17. The number of thioether (sulfide) groups is 1. The number of aliphatic hydroxyl groups excluding tert-OH is 1. The molecule has 0 spiro atoms. The van der Waals surface area contributed by atoms with E-state index in [-0.39, 0.29) is 23.8 Å². The van der Waals surface area contributed by atoms with E-state index in [9.17, 15) is 9.90 Å². The minimum absolute atomic E-state index is 0.0370. The quantitative estimate of drug-likeness (QED) is 0.601. The van der Waals surface area contributed by atoms with Gasteiger partial charge in [0.25, 0.3) is 0 Å². The molecule has 2 atom stereocenters. The van der Waals surface area contributed by atoms with Crippen LogP contribution in [0.25, 0.3) is 0 Å². The lowest BCUT2D eigenvalue weighted by atomic mass is 10.0. The highest BCUT2D eigenvalue weighted by molar-refractivity contribution is 8.00. The maximum Gasteiger partial charge on any atom is 0.230 e. The molecule has 0 aromatic rings. The first-order chi connectivity index (χ1) is 8.02. The maximum atomic E-state index is 11.5. The van der Waals surface area contributed by atoms with Gasteiger partial charge in [-0.25, -0.2) is 0 Å². The van der Waals surface area contributed by atoms with Crippen LogP contribution < -0.4 is 11.1 Å². The average Bonchev–Trinajstić information content (AvgIpc) is 3.01. The molecule has 1 fully saturated rings. The van der Waals surface area contributed by atoms with Crippen LogP contribution in [0.2, 0.25) is 0 Å². The van der Waals surface area contributed by atoms with Crippen molar-refractivity contribution in [3.05, 3.63) is 0 Å². The van der Waals surface area contributed by atoms with Gasteiger partial charge in [0.05, 0.1) is 12.4 Å². The fraction of sp³-hybridized carbons (Fsp3) is 0.917. The molecule has 0 aromatic heterocycles. The number of carbonyl (C=O) groups is 1. The van der Waals surface area contributed by atoms with Crippen molar-refractivity contribution in [2.45, 2.75) is 50.4 Å². The van der Waals surface area contributed by atoms with Crippen LogP contribution in [0.3, 0.4) is 0 Å². The molecule has 0 bridgehead atoms. The van der Waals surface area contributed by atoms with Gasteiger partial charge in [0.2, 0.25) is 5.91 Å². The highest BCUT2D eigenvalue weighted by Crippen LogP contribution is 2.21. The third-order valence-corrected chi connectivity index (χ3v) is 4.13. The maximum absolute atomic E-state index is 11.5. The van der Waals surface area contributed by atoms with Gasteiger partial charge in [-0.2, -0.15) is 0 Å². The zero-order valence-corrected chi connectivity index (χ0v) is 11.5. The van der Waals surface area contributed by atoms with Crippen molar-refractivity contribution in [2.75, 3.05) is 12.4 Å². The van der Waals surface area contributed by atoms with Crippen LogP contribution in [0.1, 0.15) is 33.1 Å². The van der Waals surface area contributed by atoms with E-state index in [0.29, 0.717) is 17.7 Å². The van der Waals surface area contributed by atoms with Crippen LogP contribution in [0.5, 0.6) is 0 Å². The minimum Gasteiger partial charge on any atom is -0.395 e. The monoisotopic (exact) mass is 260 g/mol. The van der Waals surface area contributed by atoms with Gasteiger partial charge in [0.1, 0.15) is 0 Å². The molecule has 1 aliphatic carbocycles. The van der Waals surface area contributed by atoms with E-state index >= 15 is 0 Å². The molecular weight excluding hydrogens is 236 g/mol. The largest absolute Gasteiger partial charge is 0.395 e. The summed E-state index contributed by atoms with van der Waals surface area (Å²) in [4.78, 5) is 11.5. The molecule has 1 saturated carbocycles. The zero-order valence-electron chi connectivity index (χ0n) is 10.7. The Kier molecular flexibility index (Phi) is 6.30. The van der Waals surface area contributed by atoms with Crippen molar-refractivity contribution in [3.63, 3.8) is 0 Å². The second-order valence-corrected chi connectivity index (χ2v) is 6.39. The van der Waals surface area contributed by atoms with Gasteiger partial charge >= 0.3 is 0 Å². The molecule has 0 saturated heterocycles. The van der Waals surface area contributed by atoms with Crippen molar-refractivity contribution in [1.82, 2.24) is 5.32 Å². The fourth-order valence-corrected chi connectivity index (χ4v) is 2.60. The molecule has 4 nitrogen and oxygen atoms in total. The molecule has 0 aromatic carbocycles. The van der Waals surface area contributed by atoms with Crippen LogP contribution in [0.4, 0.5) is 0 Å². The van der Waals surface area contributed by atoms with Gasteiger partial charge in [-0.05, 0) is 25.2 Å². The van der Waals surface area contributed by atoms with Crippen molar-refractivity contribution in [2.24, 2.45) is 11.7 Å². The van der Waals surface area contributed by atoms with Gasteiger partial charge in [-0.15, -0.1) is 11.8 Å². The average molecular weight is 260 g/mol. The molecule has 1 aliphatic rings. The summed E-state index contributed by atoms with van der Waals surface area (Å²) in [6.45, 7) is 4.26. The topological polar surface area (TPSA) is 75.3 Å². The number of aliphatic hydroxyl groups is 1. The standard InChI is InChI=1S/C12H24N2O2S/c1-8(2)5-10(13)11(6-15)17-7-12(16)14-9-3-4-9/h8-11,15H,3-7,13H2,1-2H3,(H,14,16). The molecule has 4 N–H and O–H groups in total. The number of nitrogens with one attached hydrogen (secondary N) is 1. The highest BCUT2D eigenvalue weighted by atomic mass is 32.2. The van der Waals surface area contributed by atoms with E-state index in [4.69, 9.17) is 5.73 Å². The predicted octanol–water partition coefficient (Wildman–Crippen LogP) is 0.732. The number of hydrogen-bond acceptors (Lipinski definition) is 4. The van der Waals surface area contributed by atoms with E-state index in [1.54, 1.807) is 0 Å². The Hall–Kier alpha value is -0.260. The Morgan fingerprint density at radius 3 is 2.65 bits per heavy atom. The SMILES string of the molecule is CC(C)CC(N)C(CO)SCC(=O)NC1CC1. The summed E-state index contributed by atoms with van der Waals surface area (Å²) in [7, 11) is 0. The van der Waals surface area contributed by atoms with Gasteiger partial charge in [0.15, 0.2) is 0 Å². The lowest BCUT2D eigenvalue weighted by Gasteiger charge is -2.22. The Labute approximate surface area is 108 Å². The summed E-state index contributed by atoms with van der Waals surface area (Å²) in [5, 5.41) is 12.2. The molecule has 1 amide bonds. The molecule has 0 radical (unpaired) electrons. The van der Waals surface area contributed by atoms with Crippen LogP contribution in [-0.2, 0) is 4.79 Å². The first-order valence-corrected chi connectivity index (χ1v) is 7.35.